The number of hydrogen-bond donors (Lipinski definition) is 2. The second-order valence-corrected chi connectivity index (χ2v) is 8.76. The number of rotatable bonds is 5. The zero-order valence-electron chi connectivity index (χ0n) is 19.1. The fourth-order valence-electron chi connectivity index (χ4n) is 4.24. The lowest BCUT2D eigenvalue weighted by molar-refractivity contribution is 0.311. The molecule has 3 heterocycles. The number of anilines is 3. The number of hydrogen-bond acceptors (Lipinski definition) is 7. The van der Waals surface area contributed by atoms with Crippen molar-refractivity contribution in [2.75, 3.05) is 43.4 Å². The first-order valence-corrected chi connectivity index (χ1v) is 11.0. The van der Waals surface area contributed by atoms with Crippen LogP contribution < -0.4 is 15.0 Å². The van der Waals surface area contributed by atoms with E-state index in [4.69, 9.17) is 9.72 Å². The van der Waals surface area contributed by atoms with E-state index in [9.17, 15) is 0 Å². The third-order valence-corrected chi connectivity index (χ3v) is 6.09. The van der Waals surface area contributed by atoms with Gasteiger partial charge in [0.2, 0.25) is 5.95 Å². The molecule has 2 N–H and O–H groups in total. The first-order chi connectivity index (χ1) is 15.4. The molecule has 32 heavy (non-hydrogen) atoms. The Morgan fingerprint density at radius 3 is 2.62 bits per heavy atom. The largest absolute Gasteiger partial charge is 0.424 e. The molecule has 8 heteroatoms. The smallest absolute Gasteiger partial charge is 0.325 e. The van der Waals surface area contributed by atoms with E-state index in [1.165, 1.54) is 16.7 Å². The van der Waals surface area contributed by atoms with Crippen LogP contribution in [-0.2, 0) is 6.42 Å². The predicted octanol–water partition coefficient (Wildman–Crippen LogP) is 4.06. The highest BCUT2D eigenvalue weighted by molar-refractivity contribution is 5.69. The monoisotopic (exact) mass is 431 g/mol. The molecular formula is C24H29N7O. The molecule has 0 bridgehead atoms. The number of H-pyrrole nitrogens is 1. The topological polar surface area (TPSA) is 82.2 Å². The number of nitrogens with zero attached hydrogens (tertiary/aromatic N) is 5. The average Bonchev–Trinajstić information content (AvgIpc) is 3.35. The Labute approximate surface area is 188 Å². The van der Waals surface area contributed by atoms with Gasteiger partial charge in [-0.25, -0.2) is 4.98 Å². The summed E-state index contributed by atoms with van der Waals surface area (Å²) in [6.07, 6.45) is 5.03. The molecule has 8 nitrogen and oxygen atoms in total. The van der Waals surface area contributed by atoms with Crippen molar-refractivity contribution in [3.05, 3.63) is 52.4 Å². The number of ether oxygens (including phenoxy) is 1. The standard InChI is InChI=1S/C24H29N7O/c1-15-11-18-5-6-20(17(3)19(18)12-15)32-24-28-21(27-23-25-14-16(2)26-23)13-22(29-24)31-9-7-30(4)8-10-31/h5-6,12-14H,7-11H2,1-4H3,(H2,25,26,27,28,29). The van der Waals surface area contributed by atoms with Crippen LogP contribution in [0.5, 0.6) is 11.8 Å². The number of benzene rings is 1. The number of imidazole rings is 1. The molecule has 1 saturated heterocycles. The molecule has 0 saturated carbocycles. The van der Waals surface area contributed by atoms with E-state index in [2.05, 4.69) is 63.1 Å². The Kier molecular flexibility index (Phi) is 5.30. The van der Waals surface area contributed by atoms with Gasteiger partial charge in [0.15, 0.2) is 0 Å². The van der Waals surface area contributed by atoms with E-state index in [1.807, 2.05) is 19.1 Å². The first-order valence-electron chi connectivity index (χ1n) is 11.0. The molecule has 1 fully saturated rings. The van der Waals surface area contributed by atoms with Crippen molar-refractivity contribution in [3.63, 3.8) is 0 Å². The van der Waals surface area contributed by atoms with Crippen molar-refractivity contribution >= 4 is 23.7 Å². The van der Waals surface area contributed by atoms with Crippen molar-refractivity contribution in [1.29, 1.82) is 0 Å². The minimum Gasteiger partial charge on any atom is -0.424 e. The van der Waals surface area contributed by atoms with Crippen LogP contribution in [0.15, 0.2) is 30.0 Å². The van der Waals surface area contributed by atoms with Crippen LogP contribution >= 0.6 is 0 Å². The van der Waals surface area contributed by atoms with Crippen LogP contribution in [0.25, 0.3) is 6.08 Å². The van der Waals surface area contributed by atoms with Gasteiger partial charge in [-0.3, -0.25) is 0 Å². The zero-order valence-corrected chi connectivity index (χ0v) is 19.1. The number of allylic oxidation sites excluding steroid dienone is 1. The highest BCUT2D eigenvalue weighted by Gasteiger charge is 2.20. The summed E-state index contributed by atoms with van der Waals surface area (Å²) in [5.41, 5.74) is 6.06. The molecule has 5 rings (SSSR count). The fourth-order valence-corrected chi connectivity index (χ4v) is 4.24. The minimum atomic E-state index is 0.328. The van der Waals surface area contributed by atoms with Crippen LogP contribution in [0.4, 0.5) is 17.6 Å². The molecule has 0 unspecified atom stereocenters. The Bertz CT molecular complexity index is 1180. The SMILES string of the molecule is CC1=Cc2c(ccc(Oc3nc(Nc4ncc(C)[nH]4)cc(N4CCN(C)CC4)n3)c2C)C1. The molecule has 0 atom stereocenters. The summed E-state index contributed by atoms with van der Waals surface area (Å²) in [6, 6.07) is 6.45. The molecule has 0 spiro atoms. The Hall–Kier alpha value is -3.39. The summed E-state index contributed by atoms with van der Waals surface area (Å²) in [6.45, 7) is 10.0. The number of aryl methyl sites for hydroxylation is 1. The summed E-state index contributed by atoms with van der Waals surface area (Å²) in [4.78, 5) is 21.5. The Balaban J connectivity index is 1.47. The third-order valence-electron chi connectivity index (χ3n) is 6.09. The maximum Gasteiger partial charge on any atom is 0.325 e. The maximum atomic E-state index is 6.25. The fraction of sp³-hybridized carbons (Fsp3) is 0.375. The van der Waals surface area contributed by atoms with Crippen molar-refractivity contribution < 1.29 is 4.74 Å². The molecule has 3 aromatic rings. The van der Waals surface area contributed by atoms with Crippen molar-refractivity contribution in [3.8, 4) is 11.8 Å². The molecule has 2 aliphatic rings. The van der Waals surface area contributed by atoms with Crippen LogP contribution in [0.1, 0.15) is 29.3 Å². The van der Waals surface area contributed by atoms with Crippen molar-refractivity contribution in [2.45, 2.75) is 27.2 Å². The lowest BCUT2D eigenvalue weighted by Gasteiger charge is -2.33. The van der Waals surface area contributed by atoms with Gasteiger partial charge in [0.1, 0.15) is 17.4 Å². The molecule has 1 aromatic carbocycles. The summed E-state index contributed by atoms with van der Waals surface area (Å²) < 4.78 is 6.25. The van der Waals surface area contributed by atoms with Gasteiger partial charge in [-0.05, 0) is 57.0 Å². The number of piperazine rings is 1. The van der Waals surface area contributed by atoms with E-state index in [0.29, 0.717) is 17.8 Å². The zero-order chi connectivity index (χ0) is 22.2. The maximum absolute atomic E-state index is 6.25. The van der Waals surface area contributed by atoms with E-state index >= 15 is 0 Å². The number of aromatic nitrogens is 4. The van der Waals surface area contributed by atoms with Gasteiger partial charge in [-0.2, -0.15) is 9.97 Å². The van der Waals surface area contributed by atoms with E-state index in [0.717, 1.165) is 55.4 Å². The minimum absolute atomic E-state index is 0.328. The van der Waals surface area contributed by atoms with Gasteiger partial charge in [-0.1, -0.05) is 17.7 Å². The number of aromatic amines is 1. The average molecular weight is 432 g/mol. The highest BCUT2D eigenvalue weighted by Crippen LogP contribution is 2.35. The van der Waals surface area contributed by atoms with Gasteiger partial charge in [0.05, 0.1) is 0 Å². The Morgan fingerprint density at radius 1 is 1.06 bits per heavy atom. The summed E-state index contributed by atoms with van der Waals surface area (Å²) in [7, 11) is 2.14. The van der Waals surface area contributed by atoms with Gasteiger partial charge in [-0.15, -0.1) is 0 Å². The predicted molar refractivity (Wildman–Crippen MR) is 127 cm³/mol. The van der Waals surface area contributed by atoms with Crippen LogP contribution in [0.3, 0.4) is 0 Å². The number of nitrogens with one attached hydrogen (secondary N) is 2. The van der Waals surface area contributed by atoms with Gasteiger partial charge < -0.3 is 24.8 Å². The molecule has 0 radical (unpaired) electrons. The summed E-state index contributed by atoms with van der Waals surface area (Å²) in [5.74, 6) is 2.92. The lowest BCUT2D eigenvalue weighted by Crippen LogP contribution is -2.44. The molecule has 1 aliphatic heterocycles. The van der Waals surface area contributed by atoms with Crippen LogP contribution in [0.2, 0.25) is 0 Å². The summed E-state index contributed by atoms with van der Waals surface area (Å²) >= 11 is 0. The first kappa shape index (κ1) is 20.5. The lowest BCUT2D eigenvalue weighted by atomic mass is 10.0. The molecule has 2 aromatic heterocycles. The quantitative estimate of drug-likeness (QED) is 0.630. The highest BCUT2D eigenvalue weighted by atomic mass is 16.5. The van der Waals surface area contributed by atoms with E-state index in [1.54, 1.807) is 6.20 Å². The van der Waals surface area contributed by atoms with Crippen molar-refractivity contribution in [2.24, 2.45) is 0 Å². The molecular weight excluding hydrogens is 402 g/mol. The Morgan fingerprint density at radius 2 is 1.88 bits per heavy atom. The van der Waals surface area contributed by atoms with Gasteiger partial charge >= 0.3 is 6.01 Å². The van der Waals surface area contributed by atoms with Gasteiger partial charge in [0, 0.05) is 44.1 Å². The van der Waals surface area contributed by atoms with E-state index < -0.39 is 0 Å². The molecule has 166 valence electrons. The molecule has 1 aliphatic carbocycles. The number of likely N-dealkylation sites (N-methyl/N-ethyl adjacent to an activating group) is 1. The summed E-state index contributed by atoms with van der Waals surface area (Å²) in [5, 5.41) is 3.26. The number of fused-ring (bicyclic) bond motifs is 1. The van der Waals surface area contributed by atoms with Crippen molar-refractivity contribution in [1.82, 2.24) is 24.8 Å². The van der Waals surface area contributed by atoms with Gasteiger partial charge in [0.25, 0.3) is 0 Å². The van der Waals surface area contributed by atoms with Crippen LogP contribution in [0, 0.1) is 13.8 Å². The second-order valence-electron chi connectivity index (χ2n) is 8.76. The van der Waals surface area contributed by atoms with E-state index in [-0.39, 0.29) is 0 Å². The third kappa shape index (κ3) is 4.18. The second kappa shape index (κ2) is 8.27. The van der Waals surface area contributed by atoms with Crippen LogP contribution in [-0.4, -0.2) is 58.1 Å². The molecule has 0 amide bonds. The normalized spacial score (nSPS) is 16.1.